The lowest BCUT2D eigenvalue weighted by molar-refractivity contribution is 0.573. The molecule has 0 spiro atoms. The summed E-state index contributed by atoms with van der Waals surface area (Å²) in [5.41, 5.74) is 11.4. The fraction of sp³-hybridized carbons (Fsp3) is 0.0222. The van der Waals surface area contributed by atoms with Gasteiger partial charge in [0.2, 0.25) is 0 Å². The van der Waals surface area contributed by atoms with Gasteiger partial charge in [0.05, 0.1) is 17.5 Å². The number of para-hydroxylation sites is 1. The summed E-state index contributed by atoms with van der Waals surface area (Å²) in [6, 6.07) is 56.5. The normalized spacial score (nSPS) is 13.9. The first-order valence-electron chi connectivity index (χ1n) is 17.2. The quantitative estimate of drug-likeness (QED) is 0.171. The van der Waals surface area contributed by atoms with Crippen LogP contribution < -0.4 is 10.4 Å². The molecule has 10 aromatic rings. The monoisotopic (exact) mass is 670 g/mol. The minimum Gasteiger partial charge on any atom is -0.464 e. The second-order valence-corrected chi connectivity index (χ2v) is 15.7. The average Bonchev–Trinajstić information content (AvgIpc) is 3.98. The molecular weight excluding hydrogens is 643 g/mol. The average molecular weight is 671 g/mol. The maximum absolute atomic E-state index is 6.80. The Labute approximate surface area is 294 Å². The standard InChI is InChI=1S/C45H28N3O2Si/c1-3-12-28(13-4-1)51(29-14-5-2-6-15-29)43-35-18-8-7-16-30(35)34-23-25-40-42(41(34)43)47-45(50-40)48-38-20-10-9-17-32(38)36-22-24-37(46-44(36)48)31-19-11-21-39-33(31)26-27-49-39/h1-27,43H. The second-order valence-electron chi connectivity index (χ2n) is 13.1. The van der Waals surface area contributed by atoms with Crippen LogP contribution in [0.3, 0.4) is 0 Å². The van der Waals surface area contributed by atoms with Crippen LogP contribution in [0.1, 0.15) is 16.7 Å². The molecule has 0 N–H and O–H groups in total. The van der Waals surface area contributed by atoms with E-state index in [4.69, 9.17) is 18.8 Å². The number of fused-ring (bicyclic) bond motifs is 9. The topological polar surface area (TPSA) is 57.0 Å². The van der Waals surface area contributed by atoms with Crippen molar-refractivity contribution in [1.29, 1.82) is 0 Å². The Bertz CT molecular complexity index is 2900. The molecule has 0 bridgehead atoms. The van der Waals surface area contributed by atoms with E-state index in [9.17, 15) is 0 Å². The number of oxazole rings is 1. The van der Waals surface area contributed by atoms with Crippen molar-refractivity contribution < 1.29 is 8.83 Å². The zero-order valence-corrected chi connectivity index (χ0v) is 28.3. The summed E-state index contributed by atoms with van der Waals surface area (Å²) in [7, 11) is -1.36. The summed E-state index contributed by atoms with van der Waals surface area (Å²) in [4.78, 5) is 10.7. The molecule has 0 fully saturated rings. The van der Waals surface area contributed by atoms with Gasteiger partial charge in [-0.05, 0) is 58.7 Å². The molecule has 6 aromatic carbocycles. The highest BCUT2D eigenvalue weighted by molar-refractivity contribution is 6.87. The maximum atomic E-state index is 6.80. The van der Waals surface area contributed by atoms with E-state index in [1.54, 1.807) is 6.26 Å². The molecule has 4 heterocycles. The Morgan fingerprint density at radius 1 is 0.529 bits per heavy atom. The zero-order valence-electron chi connectivity index (χ0n) is 27.3. The molecule has 5 nitrogen and oxygen atoms in total. The van der Waals surface area contributed by atoms with E-state index < -0.39 is 8.80 Å². The van der Waals surface area contributed by atoms with Crippen LogP contribution >= 0.6 is 0 Å². The first-order valence-corrected chi connectivity index (χ1v) is 18.8. The summed E-state index contributed by atoms with van der Waals surface area (Å²) in [6.07, 6.45) is 1.73. The van der Waals surface area contributed by atoms with Crippen molar-refractivity contribution >= 4 is 63.2 Å². The molecule has 1 unspecified atom stereocenters. The number of benzene rings is 6. The lowest BCUT2D eigenvalue weighted by Gasteiger charge is -2.25. The maximum Gasteiger partial charge on any atom is 0.309 e. The van der Waals surface area contributed by atoms with Crippen molar-refractivity contribution in [2.45, 2.75) is 5.54 Å². The van der Waals surface area contributed by atoms with Crippen molar-refractivity contribution in [2.24, 2.45) is 0 Å². The number of aromatic nitrogens is 3. The lowest BCUT2D eigenvalue weighted by Crippen LogP contribution is -2.47. The van der Waals surface area contributed by atoms with E-state index in [1.165, 1.54) is 32.6 Å². The molecule has 0 aliphatic heterocycles. The van der Waals surface area contributed by atoms with E-state index in [-0.39, 0.29) is 5.54 Å². The van der Waals surface area contributed by atoms with Crippen molar-refractivity contribution in [3.05, 3.63) is 175 Å². The molecule has 1 aliphatic carbocycles. The zero-order chi connectivity index (χ0) is 33.5. The third-order valence-electron chi connectivity index (χ3n) is 10.4. The van der Waals surface area contributed by atoms with E-state index in [0.717, 1.165) is 55.3 Å². The van der Waals surface area contributed by atoms with Gasteiger partial charge in [0, 0.05) is 27.3 Å². The van der Waals surface area contributed by atoms with Gasteiger partial charge in [-0.25, -0.2) is 9.55 Å². The fourth-order valence-corrected chi connectivity index (χ4v) is 11.5. The van der Waals surface area contributed by atoms with Crippen molar-refractivity contribution in [2.75, 3.05) is 0 Å². The molecule has 0 saturated heterocycles. The van der Waals surface area contributed by atoms with Crippen LogP contribution in [0.5, 0.6) is 0 Å². The van der Waals surface area contributed by atoms with Gasteiger partial charge in [0.25, 0.3) is 0 Å². The van der Waals surface area contributed by atoms with Crippen LogP contribution in [0.25, 0.3) is 72.4 Å². The number of nitrogens with zero attached hydrogens (tertiary/aromatic N) is 3. The van der Waals surface area contributed by atoms with Gasteiger partial charge in [-0.15, -0.1) is 0 Å². The molecule has 11 rings (SSSR count). The lowest BCUT2D eigenvalue weighted by atomic mass is 10.1. The van der Waals surface area contributed by atoms with Gasteiger partial charge in [-0.1, -0.05) is 132 Å². The first kappa shape index (κ1) is 28.3. The highest BCUT2D eigenvalue weighted by atomic mass is 28.3. The minimum absolute atomic E-state index is 0.131. The van der Waals surface area contributed by atoms with Gasteiger partial charge in [0.15, 0.2) is 5.58 Å². The van der Waals surface area contributed by atoms with Gasteiger partial charge < -0.3 is 8.83 Å². The highest BCUT2D eigenvalue weighted by Gasteiger charge is 2.40. The van der Waals surface area contributed by atoms with Crippen LogP contribution in [-0.2, 0) is 0 Å². The Morgan fingerprint density at radius 3 is 2.12 bits per heavy atom. The van der Waals surface area contributed by atoms with Crippen molar-refractivity contribution in [3.8, 4) is 28.4 Å². The van der Waals surface area contributed by atoms with Crippen LogP contribution in [0.15, 0.2) is 173 Å². The summed E-state index contributed by atoms with van der Waals surface area (Å²) < 4.78 is 14.6. The van der Waals surface area contributed by atoms with Crippen molar-refractivity contribution in [3.63, 3.8) is 0 Å². The molecule has 1 aliphatic rings. The SMILES string of the molecule is c1ccc([Si](c2ccccc2)C2c3ccccc3-c3ccc4oc(-n5c6ccccc6c6ccc(-c7cccc8occc78)nc65)nc4c32)cc1. The summed E-state index contributed by atoms with van der Waals surface area (Å²) in [5.74, 6) is 0. The third-order valence-corrected chi connectivity index (χ3v) is 13.5. The number of hydrogen-bond acceptors (Lipinski definition) is 4. The molecular formula is C45H28N3O2Si. The van der Waals surface area contributed by atoms with E-state index in [0.29, 0.717) is 6.01 Å². The molecule has 51 heavy (non-hydrogen) atoms. The van der Waals surface area contributed by atoms with Crippen LogP contribution in [0.2, 0.25) is 0 Å². The molecule has 0 amide bonds. The summed E-state index contributed by atoms with van der Waals surface area (Å²) >= 11 is 0. The number of pyridine rings is 1. The molecule has 1 radical (unpaired) electrons. The van der Waals surface area contributed by atoms with E-state index >= 15 is 0 Å². The second kappa shape index (κ2) is 11.0. The smallest absolute Gasteiger partial charge is 0.309 e. The van der Waals surface area contributed by atoms with Gasteiger partial charge >= 0.3 is 6.01 Å². The largest absolute Gasteiger partial charge is 0.464 e. The van der Waals surface area contributed by atoms with Gasteiger partial charge in [-0.3, -0.25) is 0 Å². The molecule has 4 aromatic heterocycles. The predicted molar refractivity (Wildman–Crippen MR) is 207 cm³/mol. The number of rotatable bonds is 5. The number of hydrogen-bond donors (Lipinski definition) is 0. The van der Waals surface area contributed by atoms with Crippen molar-refractivity contribution in [1.82, 2.24) is 14.5 Å². The highest BCUT2D eigenvalue weighted by Crippen LogP contribution is 2.49. The fourth-order valence-electron chi connectivity index (χ4n) is 8.21. The van der Waals surface area contributed by atoms with Crippen LogP contribution in [0, 0.1) is 0 Å². The van der Waals surface area contributed by atoms with Gasteiger partial charge in [0.1, 0.15) is 25.5 Å². The summed E-state index contributed by atoms with van der Waals surface area (Å²) in [5, 5.41) is 5.92. The first-order chi connectivity index (χ1) is 25.3. The third kappa shape index (κ3) is 4.20. The van der Waals surface area contributed by atoms with E-state index in [1.807, 2.05) is 18.2 Å². The predicted octanol–water partition coefficient (Wildman–Crippen LogP) is 9.69. The van der Waals surface area contributed by atoms with Crippen LogP contribution in [0.4, 0.5) is 0 Å². The van der Waals surface area contributed by atoms with Crippen LogP contribution in [-0.4, -0.2) is 23.3 Å². The minimum atomic E-state index is -1.36. The molecule has 1 atom stereocenters. The Morgan fingerprint density at radius 2 is 1.27 bits per heavy atom. The molecule has 0 saturated carbocycles. The Balaban J connectivity index is 1.17. The van der Waals surface area contributed by atoms with E-state index in [2.05, 4.69) is 144 Å². The summed E-state index contributed by atoms with van der Waals surface area (Å²) in [6.45, 7) is 0. The molecule has 6 heteroatoms. The van der Waals surface area contributed by atoms with Gasteiger partial charge in [-0.2, -0.15) is 4.98 Å². The Hall–Kier alpha value is -6.50. The number of furan rings is 1. The molecule has 239 valence electrons. The Kier molecular flexibility index (Phi) is 6.12.